The summed E-state index contributed by atoms with van der Waals surface area (Å²) in [6, 6.07) is -10.1. The minimum Gasteiger partial charge on any atom is -0.481 e. The average Bonchev–Trinajstić information content (AvgIpc) is 4.12. The summed E-state index contributed by atoms with van der Waals surface area (Å²) < 4.78 is 0. The van der Waals surface area contributed by atoms with Gasteiger partial charge >= 0.3 is 11.9 Å². The van der Waals surface area contributed by atoms with Gasteiger partial charge in [-0.15, -0.1) is 0 Å². The molecule has 9 amide bonds. The van der Waals surface area contributed by atoms with Crippen molar-refractivity contribution < 1.29 is 63.0 Å². The molecule has 1 unspecified atom stereocenters. The second-order valence-corrected chi connectivity index (χ2v) is 16.7. The molecule has 0 radical (unpaired) electrons. The number of imidazole rings is 3. The first-order chi connectivity index (χ1) is 33.1. The fourth-order valence-electron chi connectivity index (χ4n) is 6.75. The number of H-pyrrole nitrogens is 3. The number of nitrogens with one attached hydrogen (secondary N) is 11. The lowest BCUT2D eigenvalue weighted by molar-refractivity contribution is -0.141. The van der Waals surface area contributed by atoms with E-state index in [9.17, 15) is 63.0 Å². The molecule has 0 aliphatic rings. The van der Waals surface area contributed by atoms with E-state index in [0.717, 1.165) is 6.92 Å². The van der Waals surface area contributed by atoms with Crippen molar-refractivity contribution in [1.82, 2.24) is 72.4 Å². The van der Waals surface area contributed by atoms with E-state index < -0.39 is 139 Å². The van der Waals surface area contributed by atoms with Crippen LogP contribution in [0.15, 0.2) is 37.6 Å². The van der Waals surface area contributed by atoms with Gasteiger partial charge in [-0.05, 0) is 18.3 Å². The maximum absolute atomic E-state index is 14.0. The van der Waals surface area contributed by atoms with Crippen molar-refractivity contribution in [2.45, 2.75) is 122 Å². The Morgan fingerprint density at radius 1 is 0.571 bits per heavy atom. The Morgan fingerprint density at radius 2 is 1.00 bits per heavy atom. The molecule has 0 spiro atoms. The first-order valence-corrected chi connectivity index (χ1v) is 22.1. The molecule has 0 bridgehead atoms. The summed E-state index contributed by atoms with van der Waals surface area (Å²) in [5.74, 6) is -12.0. The zero-order valence-electron chi connectivity index (χ0n) is 39.1. The predicted octanol–water partition coefficient (Wildman–Crippen LogP) is -4.06. The van der Waals surface area contributed by atoms with Gasteiger partial charge in [-0.25, -0.2) is 15.0 Å². The van der Waals surface area contributed by atoms with Gasteiger partial charge in [0.15, 0.2) is 0 Å². The Kier molecular flexibility index (Phi) is 22.1. The molecular weight excluding hydrogens is 923 g/mol. The smallest absolute Gasteiger partial charge is 0.305 e. The van der Waals surface area contributed by atoms with E-state index >= 15 is 0 Å². The Labute approximate surface area is 400 Å². The average molecular weight is 984 g/mol. The lowest BCUT2D eigenvalue weighted by atomic mass is 9.98. The Hall–Kier alpha value is -8.20. The maximum atomic E-state index is 14.0. The fourth-order valence-corrected chi connectivity index (χ4v) is 6.75. The number of carboxylic acid groups (broad SMARTS) is 2. The van der Waals surface area contributed by atoms with Crippen LogP contribution in [-0.4, -0.2) is 154 Å². The lowest BCUT2D eigenvalue weighted by Crippen LogP contribution is -2.60. The normalized spacial score (nSPS) is 14.4. The third kappa shape index (κ3) is 18.8. The zero-order valence-corrected chi connectivity index (χ0v) is 39.1. The molecule has 28 heteroatoms. The summed E-state index contributed by atoms with van der Waals surface area (Å²) in [6.45, 7) is 7.11. The van der Waals surface area contributed by atoms with Crippen molar-refractivity contribution in [3.8, 4) is 0 Å². The van der Waals surface area contributed by atoms with E-state index in [4.69, 9.17) is 5.73 Å². The first-order valence-electron chi connectivity index (χ1n) is 22.1. The van der Waals surface area contributed by atoms with E-state index in [1.807, 2.05) is 0 Å². The number of aromatic amines is 3. The highest BCUT2D eigenvalue weighted by Crippen LogP contribution is 2.11. The maximum Gasteiger partial charge on any atom is 0.305 e. The largest absolute Gasteiger partial charge is 0.481 e. The topological polar surface area (TPSA) is 437 Å². The Bertz CT molecular complexity index is 2270. The number of hydrogen-bond acceptors (Lipinski definition) is 14. The molecule has 70 heavy (non-hydrogen) atoms. The van der Waals surface area contributed by atoms with E-state index in [-0.39, 0.29) is 25.2 Å². The zero-order chi connectivity index (χ0) is 52.1. The summed E-state index contributed by atoms with van der Waals surface area (Å²) >= 11 is 0. The fraction of sp³-hybridized carbons (Fsp3) is 0.524. The van der Waals surface area contributed by atoms with E-state index in [0.29, 0.717) is 23.5 Å². The molecular formula is C42H61N15O13. The highest BCUT2D eigenvalue weighted by molar-refractivity contribution is 5.98. The summed E-state index contributed by atoms with van der Waals surface area (Å²) in [6.07, 6.45) is 5.82. The number of carboxylic acids is 2. The molecule has 0 aromatic carbocycles. The molecule has 3 heterocycles. The van der Waals surface area contributed by atoms with Crippen LogP contribution in [0.2, 0.25) is 0 Å². The van der Waals surface area contributed by atoms with Gasteiger partial charge < -0.3 is 73.4 Å². The van der Waals surface area contributed by atoms with Crippen molar-refractivity contribution in [3.63, 3.8) is 0 Å². The number of amides is 9. The van der Waals surface area contributed by atoms with Gasteiger partial charge in [0.25, 0.3) is 0 Å². The third-order valence-electron chi connectivity index (χ3n) is 10.7. The number of nitrogens with two attached hydrogens (primary N) is 1. The molecule has 3 aromatic rings. The molecule has 0 aliphatic heterocycles. The van der Waals surface area contributed by atoms with Crippen LogP contribution in [0.5, 0.6) is 0 Å². The van der Waals surface area contributed by atoms with Crippen LogP contribution in [0.25, 0.3) is 0 Å². The lowest BCUT2D eigenvalue weighted by Gasteiger charge is -2.27. The Morgan fingerprint density at radius 3 is 1.43 bits per heavy atom. The number of carbonyl (C=O) groups excluding carboxylic acids is 9. The molecule has 0 saturated carbocycles. The van der Waals surface area contributed by atoms with Crippen LogP contribution < -0.4 is 48.3 Å². The van der Waals surface area contributed by atoms with Gasteiger partial charge in [0, 0.05) is 68.3 Å². The molecule has 28 nitrogen and oxygen atoms in total. The van der Waals surface area contributed by atoms with Crippen molar-refractivity contribution in [2.75, 3.05) is 6.54 Å². The second-order valence-electron chi connectivity index (χ2n) is 16.7. The van der Waals surface area contributed by atoms with Gasteiger partial charge in [0.2, 0.25) is 53.2 Å². The number of rotatable bonds is 30. The quantitative estimate of drug-likeness (QED) is 0.0302. The molecule has 15 N–H and O–H groups in total. The van der Waals surface area contributed by atoms with Crippen molar-refractivity contribution >= 4 is 65.1 Å². The van der Waals surface area contributed by atoms with Crippen LogP contribution in [-0.2, 0) is 72.0 Å². The van der Waals surface area contributed by atoms with Crippen molar-refractivity contribution in [1.29, 1.82) is 0 Å². The number of nitrogens with zero attached hydrogens (tertiary/aromatic N) is 3. The van der Waals surface area contributed by atoms with E-state index in [1.165, 1.54) is 37.6 Å². The highest BCUT2D eigenvalue weighted by Gasteiger charge is 2.35. The van der Waals surface area contributed by atoms with Crippen LogP contribution >= 0.6 is 0 Å². The first kappa shape index (κ1) is 56.1. The van der Waals surface area contributed by atoms with Gasteiger partial charge in [-0.2, -0.15) is 0 Å². The Balaban J connectivity index is 1.79. The van der Waals surface area contributed by atoms with Gasteiger partial charge in [-0.3, -0.25) is 52.7 Å². The minimum absolute atomic E-state index is 0.0852. The second kappa shape index (κ2) is 27.6. The summed E-state index contributed by atoms with van der Waals surface area (Å²) in [7, 11) is 0. The molecule has 0 aliphatic carbocycles. The molecule has 0 fully saturated rings. The SMILES string of the molecule is CCC(C)[C@H](NC(=O)[C@H](Cc1cnc[nH]1)NC(=O)CNC(=O)[C@@H](NC(=O)[C@H](Cc1cnc[nH]1)NC(=O)[C@H](CC(=O)O)NC(=O)[C@H](CCC(=O)O)NC(=O)[C@H](Cc1cnc[nH]1)NC(C)=O)C(C)C)C(N)=O. The summed E-state index contributed by atoms with van der Waals surface area (Å²) in [4.78, 5) is 163. The van der Waals surface area contributed by atoms with Crippen LogP contribution in [0.4, 0.5) is 0 Å². The van der Waals surface area contributed by atoms with Crippen LogP contribution in [0, 0.1) is 11.8 Å². The van der Waals surface area contributed by atoms with E-state index in [1.54, 1.807) is 27.7 Å². The van der Waals surface area contributed by atoms with Gasteiger partial charge in [0.05, 0.1) is 31.9 Å². The highest BCUT2D eigenvalue weighted by atomic mass is 16.4. The number of aromatic nitrogens is 6. The molecule has 382 valence electrons. The standard InChI is InChI=1S/C42H61N15O13/c1-6-21(4)35(36(43)64)57-40(68)28(10-24-14-45-18-49-24)52-31(59)16-47-42(70)34(20(2)3)56-41(69)29(11-25-15-46-19-50-25)54-39(67)30(12-33(62)63)55-37(65)26(7-8-32(60)61)53-38(66)27(51-22(5)58)9-23-13-44-17-48-23/h13-15,17-21,26-30,34-35H,6-12,16H2,1-5H3,(H2,43,64)(H,44,48)(H,45,49)(H,46,50)(H,47,70)(H,51,58)(H,52,59)(H,53,66)(H,54,67)(H,55,65)(H,56,69)(H,57,68)(H,60,61)(H,62,63)/t21?,26-,27-,28-,29-,30-,34-,35-/m0/s1. The minimum atomic E-state index is -1.93. The number of primary amides is 1. The van der Waals surface area contributed by atoms with E-state index in [2.05, 4.69) is 72.4 Å². The number of hydrogen-bond donors (Lipinski definition) is 14. The third-order valence-corrected chi connectivity index (χ3v) is 10.7. The molecule has 8 atom stereocenters. The van der Waals surface area contributed by atoms with Crippen LogP contribution in [0.3, 0.4) is 0 Å². The van der Waals surface area contributed by atoms with Crippen molar-refractivity contribution in [2.24, 2.45) is 17.6 Å². The van der Waals surface area contributed by atoms with Gasteiger partial charge in [-0.1, -0.05) is 34.1 Å². The van der Waals surface area contributed by atoms with Crippen LogP contribution in [0.1, 0.15) is 77.4 Å². The molecule has 3 rings (SSSR count). The summed E-state index contributed by atoms with van der Waals surface area (Å²) in [5.41, 5.74) is 6.70. The monoisotopic (exact) mass is 983 g/mol. The number of aliphatic carboxylic acids is 2. The van der Waals surface area contributed by atoms with Crippen molar-refractivity contribution in [3.05, 3.63) is 54.7 Å². The number of carbonyl (C=O) groups is 11. The molecule has 0 saturated heterocycles. The summed E-state index contributed by atoms with van der Waals surface area (Å²) in [5, 5.41) is 38.6. The van der Waals surface area contributed by atoms with Gasteiger partial charge in [0.1, 0.15) is 42.3 Å². The predicted molar refractivity (Wildman–Crippen MR) is 242 cm³/mol. The molecule has 3 aromatic heterocycles.